The summed E-state index contributed by atoms with van der Waals surface area (Å²) in [6, 6.07) is 0. The third-order valence-electron chi connectivity index (χ3n) is 6.77. The molecule has 0 aromatic rings. The Morgan fingerprint density at radius 1 is 0.621 bits per heavy atom. The van der Waals surface area contributed by atoms with E-state index in [1.165, 1.54) is 38.5 Å². The largest absolute Gasteiger partial charge is 0.378 e. The molecule has 0 aromatic heterocycles. The number of hydrogen-bond acceptors (Lipinski definition) is 5. The Labute approximate surface area is 179 Å². The molecular weight excluding hydrogens is 366 g/mol. The molecule has 2 fully saturated rings. The second-order valence-corrected chi connectivity index (χ2v) is 8.84. The molecule has 2 rings (SSSR count). The molecule has 0 amide bonds. The standard InChI is InChI=1S/C24H47NO4/c1-5-19-9-13-21(14-10-19)28-23(17-26-7-3)25-24(18-27-8-4)29-22-15-11-20(6-2)12-16-22/h19-25H,5-18H2,1-4H3. The molecule has 0 radical (unpaired) electrons. The van der Waals surface area contributed by atoms with Crippen molar-refractivity contribution in [1.29, 1.82) is 0 Å². The third kappa shape index (κ3) is 9.65. The van der Waals surface area contributed by atoms with Crippen LogP contribution < -0.4 is 5.32 Å². The second kappa shape index (κ2) is 14.7. The lowest BCUT2D eigenvalue weighted by molar-refractivity contribution is -0.142. The highest BCUT2D eigenvalue weighted by Gasteiger charge is 2.28. The van der Waals surface area contributed by atoms with Crippen molar-refractivity contribution < 1.29 is 18.9 Å². The lowest BCUT2D eigenvalue weighted by Gasteiger charge is -2.35. The highest BCUT2D eigenvalue weighted by molar-refractivity contribution is 4.76. The molecule has 5 nitrogen and oxygen atoms in total. The van der Waals surface area contributed by atoms with Crippen LogP contribution in [0.5, 0.6) is 0 Å². The minimum absolute atomic E-state index is 0.143. The van der Waals surface area contributed by atoms with Crippen LogP contribution >= 0.6 is 0 Å². The average Bonchev–Trinajstić information content (AvgIpc) is 2.76. The first-order valence-electron chi connectivity index (χ1n) is 12.4. The van der Waals surface area contributed by atoms with Gasteiger partial charge in [-0.05, 0) is 77.0 Å². The molecule has 2 saturated carbocycles. The van der Waals surface area contributed by atoms with Crippen molar-refractivity contribution in [2.24, 2.45) is 11.8 Å². The summed E-state index contributed by atoms with van der Waals surface area (Å²) in [6.07, 6.45) is 12.7. The average molecular weight is 414 g/mol. The number of hydrogen-bond donors (Lipinski definition) is 1. The Morgan fingerprint density at radius 2 is 1.00 bits per heavy atom. The molecule has 5 heteroatoms. The van der Waals surface area contributed by atoms with E-state index in [2.05, 4.69) is 19.2 Å². The van der Waals surface area contributed by atoms with Crippen LogP contribution in [-0.2, 0) is 18.9 Å². The van der Waals surface area contributed by atoms with Crippen molar-refractivity contribution in [3.8, 4) is 0 Å². The molecule has 0 aromatic carbocycles. The van der Waals surface area contributed by atoms with Crippen LogP contribution in [0.2, 0.25) is 0 Å². The fourth-order valence-corrected chi connectivity index (χ4v) is 4.73. The van der Waals surface area contributed by atoms with E-state index in [1.54, 1.807) is 0 Å². The predicted octanol–water partition coefficient (Wildman–Crippen LogP) is 5.27. The number of rotatable bonds is 14. The maximum Gasteiger partial charge on any atom is 0.134 e. The van der Waals surface area contributed by atoms with Gasteiger partial charge in [0.2, 0.25) is 0 Å². The summed E-state index contributed by atoms with van der Waals surface area (Å²) in [5.74, 6) is 1.75. The molecule has 2 atom stereocenters. The normalized spacial score (nSPS) is 30.2. The maximum absolute atomic E-state index is 6.45. The minimum atomic E-state index is -0.143. The monoisotopic (exact) mass is 413 g/mol. The Bertz CT molecular complexity index is 356. The predicted molar refractivity (Wildman–Crippen MR) is 118 cm³/mol. The molecule has 1 N–H and O–H groups in total. The summed E-state index contributed by atoms with van der Waals surface area (Å²) >= 11 is 0. The molecule has 0 bridgehead atoms. The Hall–Kier alpha value is -0.200. The van der Waals surface area contributed by atoms with Crippen molar-refractivity contribution in [2.45, 2.75) is 117 Å². The van der Waals surface area contributed by atoms with Crippen molar-refractivity contribution in [3.63, 3.8) is 0 Å². The molecule has 0 saturated heterocycles. The van der Waals surface area contributed by atoms with Crippen LogP contribution in [0.25, 0.3) is 0 Å². The zero-order chi connectivity index (χ0) is 20.9. The number of ether oxygens (including phenoxy) is 4. The van der Waals surface area contributed by atoms with E-state index < -0.39 is 0 Å². The summed E-state index contributed by atoms with van der Waals surface area (Å²) in [5, 5.41) is 3.57. The highest BCUT2D eigenvalue weighted by Crippen LogP contribution is 2.30. The van der Waals surface area contributed by atoms with Gasteiger partial charge in [0.05, 0.1) is 25.4 Å². The van der Waals surface area contributed by atoms with Crippen LogP contribution in [0.4, 0.5) is 0 Å². The third-order valence-corrected chi connectivity index (χ3v) is 6.77. The zero-order valence-corrected chi connectivity index (χ0v) is 19.5. The van der Waals surface area contributed by atoms with Gasteiger partial charge in [0.1, 0.15) is 12.5 Å². The summed E-state index contributed by atoms with van der Waals surface area (Å²) in [4.78, 5) is 0. The first-order valence-corrected chi connectivity index (χ1v) is 12.4. The lowest BCUT2D eigenvalue weighted by atomic mass is 9.86. The van der Waals surface area contributed by atoms with Gasteiger partial charge in [0.25, 0.3) is 0 Å². The van der Waals surface area contributed by atoms with Gasteiger partial charge in [-0.2, -0.15) is 0 Å². The molecule has 0 heterocycles. The van der Waals surface area contributed by atoms with Crippen molar-refractivity contribution >= 4 is 0 Å². The smallest absolute Gasteiger partial charge is 0.134 e. The van der Waals surface area contributed by atoms with Crippen LogP contribution in [0.3, 0.4) is 0 Å². The van der Waals surface area contributed by atoms with Gasteiger partial charge < -0.3 is 18.9 Å². The molecule has 0 aliphatic heterocycles. The minimum Gasteiger partial charge on any atom is -0.378 e. The molecule has 172 valence electrons. The zero-order valence-electron chi connectivity index (χ0n) is 19.5. The fourth-order valence-electron chi connectivity index (χ4n) is 4.73. The van der Waals surface area contributed by atoms with Gasteiger partial charge in [0, 0.05) is 13.2 Å². The van der Waals surface area contributed by atoms with Crippen LogP contribution in [0.15, 0.2) is 0 Å². The molecule has 2 aliphatic rings. The van der Waals surface area contributed by atoms with Crippen LogP contribution in [-0.4, -0.2) is 51.1 Å². The molecular formula is C24H47NO4. The molecule has 0 spiro atoms. The Kier molecular flexibility index (Phi) is 12.7. The van der Waals surface area contributed by atoms with E-state index in [-0.39, 0.29) is 12.5 Å². The highest BCUT2D eigenvalue weighted by atomic mass is 16.6. The van der Waals surface area contributed by atoms with E-state index >= 15 is 0 Å². The number of nitrogens with one attached hydrogen (secondary N) is 1. The van der Waals surface area contributed by atoms with Crippen molar-refractivity contribution in [3.05, 3.63) is 0 Å². The van der Waals surface area contributed by atoms with Crippen molar-refractivity contribution in [1.82, 2.24) is 5.32 Å². The molecule has 2 aliphatic carbocycles. The summed E-state index contributed by atoms with van der Waals surface area (Å²) in [6.45, 7) is 11.2. The van der Waals surface area contributed by atoms with E-state index in [1.807, 2.05) is 13.8 Å². The van der Waals surface area contributed by atoms with Gasteiger partial charge in [-0.15, -0.1) is 0 Å². The maximum atomic E-state index is 6.45. The summed E-state index contributed by atoms with van der Waals surface area (Å²) < 4.78 is 24.3. The molecule has 2 unspecified atom stereocenters. The Morgan fingerprint density at radius 3 is 1.31 bits per heavy atom. The van der Waals surface area contributed by atoms with E-state index in [9.17, 15) is 0 Å². The summed E-state index contributed by atoms with van der Waals surface area (Å²) in [7, 11) is 0. The fraction of sp³-hybridized carbons (Fsp3) is 1.00. The van der Waals surface area contributed by atoms with Gasteiger partial charge in [-0.3, -0.25) is 5.32 Å². The van der Waals surface area contributed by atoms with Gasteiger partial charge in [-0.1, -0.05) is 26.7 Å². The van der Waals surface area contributed by atoms with E-state index in [4.69, 9.17) is 18.9 Å². The molecule has 29 heavy (non-hydrogen) atoms. The second-order valence-electron chi connectivity index (χ2n) is 8.84. The first-order chi connectivity index (χ1) is 14.2. The van der Waals surface area contributed by atoms with Gasteiger partial charge in [-0.25, -0.2) is 0 Å². The quantitative estimate of drug-likeness (QED) is 0.393. The van der Waals surface area contributed by atoms with Crippen molar-refractivity contribution in [2.75, 3.05) is 26.4 Å². The first kappa shape index (κ1) is 25.1. The topological polar surface area (TPSA) is 49.0 Å². The van der Waals surface area contributed by atoms with Gasteiger partial charge in [0.15, 0.2) is 0 Å². The van der Waals surface area contributed by atoms with Crippen LogP contribution in [0, 0.1) is 11.8 Å². The Balaban J connectivity index is 1.86. The van der Waals surface area contributed by atoms with E-state index in [0.717, 1.165) is 37.5 Å². The SMILES string of the molecule is CCOCC(NC(COCC)OC1CCC(CC)CC1)OC1CCC(CC)CC1. The lowest BCUT2D eigenvalue weighted by Crippen LogP contribution is -2.49. The van der Waals surface area contributed by atoms with E-state index in [0.29, 0.717) is 38.6 Å². The van der Waals surface area contributed by atoms with Gasteiger partial charge >= 0.3 is 0 Å². The summed E-state index contributed by atoms with van der Waals surface area (Å²) in [5.41, 5.74) is 0. The van der Waals surface area contributed by atoms with Crippen LogP contribution in [0.1, 0.15) is 91.9 Å².